The highest BCUT2D eigenvalue weighted by molar-refractivity contribution is 5.12. The zero-order valence-electron chi connectivity index (χ0n) is 10.3. The van der Waals surface area contributed by atoms with Crippen molar-refractivity contribution in [3.8, 4) is 0 Å². The molecule has 0 bridgehead atoms. The summed E-state index contributed by atoms with van der Waals surface area (Å²) in [5.74, 6) is 1.11. The Hall–Kier alpha value is -1.68. The highest BCUT2D eigenvalue weighted by Gasteiger charge is 2.10. The lowest BCUT2D eigenvalue weighted by molar-refractivity contribution is 0.534. The average molecular weight is 230 g/mol. The molecule has 0 spiro atoms. The molecule has 0 aliphatic heterocycles. The Morgan fingerprint density at radius 3 is 2.59 bits per heavy atom. The lowest BCUT2D eigenvalue weighted by Gasteiger charge is -2.15. The van der Waals surface area contributed by atoms with E-state index in [0.29, 0.717) is 6.04 Å². The first-order valence-electron chi connectivity index (χ1n) is 5.82. The first kappa shape index (κ1) is 11.8. The Bertz CT molecular complexity index is 449. The van der Waals surface area contributed by atoms with E-state index in [0.717, 1.165) is 18.7 Å². The van der Waals surface area contributed by atoms with E-state index < -0.39 is 0 Å². The smallest absolute Gasteiger partial charge is 0.109 e. The van der Waals surface area contributed by atoms with Crippen molar-refractivity contribution in [1.29, 1.82) is 0 Å². The number of likely N-dealkylation sites (N-methyl/N-ethyl adjacent to an activating group) is 1. The van der Waals surface area contributed by atoms with Crippen molar-refractivity contribution in [3.63, 3.8) is 0 Å². The summed E-state index contributed by atoms with van der Waals surface area (Å²) in [4.78, 5) is 8.39. The monoisotopic (exact) mass is 230 g/mol. The summed E-state index contributed by atoms with van der Waals surface area (Å²) in [6, 6.07) is 4.52. The van der Waals surface area contributed by atoms with Gasteiger partial charge in [-0.3, -0.25) is 4.98 Å². The van der Waals surface area contributed by atoms with E-state index in [1.54, 1.807) is 0 Å². The number of aromatic nitrogens is 3. The summed E-state index contributed by atoms with van der Waals surface area (Å²) in [7, 11) is 4.02. The number of hydrogen-bond acceptors (Lipinski definition) is 3. The van der Waals surface area contributed by atoms with Crippen molar-refractivity contribution < 1.29 is 0 Å². The Kier molecular flexibility index (Phi) is 3.88. The highest BCUT2D eigenvalue weighted by atomic mass is 15.0. The number of pyridine rings is 1. The fraction of sp³-hybridized carbons (Fsp3) is 0.385. The van der Waals surface area contributed by atoms with Crippen LogP contribution in [0.2, 0.25) is 0 Å². The number of imidazole rings is 1. The van der Waals surface area contributed by atoms with Crippen LogP contribution in [0.15, 0.2) is 36.9 Å². The molecular weight excluding hydrogens is 212 g/mol. The van der Waals surface area contributed by atoms with Crippen molar-refractivity contribution in [1.82, 2.24) is 19.9 Å². The fourth-order valence-electron chi connectivity index (χ4n) is 1.89. The molecule has 0 fully saturated rings. The second-order valence-electron chi connectivity index (χ2n) is 4.20. The zero-order chi connectivity index (χ0) is 12.1. The number of rotatable bonds is 5. The lowest BCUT2D eigenvalue weighted by Crippen LogP contribution is -2.30. The molecule has 0 aromatic carbocycles. The van der Waals surface area contributed by atoms with Gasteiger partial charge in [0.2, 0.25) is 0 Å². The normalized spacial score (nSPS) is 12.6. The SMILES string of the molecule is CNC(Cc1ccncc1)Cc1nccn1C. The molecular formula is C13H18N4. The third-order valence-corrected chi connectivity index (χ3v) is 2.99. The van der Waals surface area contributed by atoms with Crippen molar-refractivity contribution >= 4 is 0 Å². The van der Waals surface area contributed by atoms with Crippen LogP contribution in [0.3, 0.4) is 0 Å². The van der Waals surface area contributed by atoms with Crippen LogP contribution in [-0.2, 0) is 19.9 Å². The van der Waals surface area contributed by atoms with Gasteiger partial charge in [0.1, 0.15) is 5.82 Å². The molecule has 2 rings (SSSR count). The van der Waals surface area contributed by atoms with Crippen LogP contribution in [-0.4, -0.2) is 27.6 Å². The first-order chi connectivity index (χ1) is 8.29. The fourth-order valence-corrected chi connectivity index (χ4v) is 1.89. The zero-order valence-corrected chi connectivity index (χ0v) is 10.3. The molecule has 90 valence electrons. The molecule has 2 aromatic heterocycles. The molecule has 2 aromatic rings. The van der Waals surface area contributed by atoms with Crippen LogP contribution < -0.4 is 5.32 Å². The summed E-state index contributed by atoms with van der Waals surface area (Å²) < 4.78 is 2.07. The average Bonchev–Trinajstić information content (AvgIpc) is 2.75. The van der Waals surface area contributed by atoms with E-state index >= 15 is 0 Å². The molecule has 4 nitrogen and oxygen atoms in total. The van der Waals surface area contributed by atoms with Gasteiger partial charge in [-0.05, 0) is 31.2 Å². The molecule has 1 N–H and O–H groups in total. The highest BCUT2D eigenvalue weighted by Crippen LogP contribution is 2.06. The van der Waals surface area contributed by atoms with Gasteiger partial charge < -0.3 is 9.88 Å². The second-order valence-corrected chi connectivity index (χ2v) is 4.20. The minimum absolute atomic E-state index is 0.401. The minimum Gasteiger partial charge on any atom is -0.338 e. The Balaban J connectivity index is 2.00. The Morgan fingerprint density at radius 1 is 1.24 bits per heavy atom. The van der Waals surface area contributed by atoms with E-state index in [2.05, 4.69) is 32.0 Å². The topological polar surface area (TPSA) is 42.7 Å². The molecule has 0 radical (unpaired) electrons. The molecule has 0 saturated heterocycles. The van der Waals surface area contributed by atoms with Crippen molar-refractivity contribution in [3.05, 3.63) is 48.3 Å². The molecule has 0 aliphatic rings. The van der Waals surface area contributed by atoms with Gasteiger partial charge in [-0.2, -0.15) is 0 Å². The summed E-state index contributed by atoms with van der Waals surface area (Å²) in [6.07, 6.45) is 9.42. The molecule has 17 heavy (non-hydrogen) atoms. The van der Waals surface area contributed by atoms with Gasteiger partial charge in [0, 0.05) is 44.3 Å². The molecule has 0 aliphatic carbocycles. The van der Waals surface area contributed by atoms with E-state index in [1.165, 1.54) is 5.56 Å². The molecule has 1 unspecified atom stereocenters. The maximum absolute atomic E-state index is 4.36. The minimum atomic E-state index is 0.401. The molecule has 2 heterocycles. The van der Waals surface area contributed by atoms with Gasteiger partial charge in [0.25, 0.3) is 0 Å². The van der Waals surface area contributed by atoms with Crippen molar-refractivity contribution in [2.45, 2.75) is 18.9 Å². The van der Waals surface area contributed by atoms with Gasteiger partial charge >= 0.3 is 0 Å². The van der Waals surface area contributed by atoms with Crippen molar-refractivity contribution in [2.75, 3.05) is 7.05 Å². The second kappa shape index (κ2) is 5.59. The van der Waals surface area contributed by atoms with Crippen LogP contribution >= 0.6 is 0 Å². The molecule has 1 atom stereocenters. The Morgan fingerprint density at radius 2 is 2.00 bits per heavy atom. The van der Waals surface area contributed by atoms with Gasteiger partial charge in [-0.15, -0.1) is 0 Å². The third-order valence-electron chi connectivity index (χ3n) is 2.99. The van der Waals surface area contributed by atoms with Crippen LogP contribution in [0.25, 0.3) is 0 Å². The number of hydrogen-bond donors (Lipinski definition) is 1. The van der Waals surface area contributed by atoms with E-state index in [4.69, 9.17) is 0 Å². The summed E-state index contributed by atoms with van der Waals surface area (Å²) >= 11 is 0. The Labute approximate surface area is 102 Å². The first-order valence-corrected chi connectivity index (χ1v) is 5.82. The quantitative estimate of drug-likeness (QED) is 0.839. The van der Waals surface area contributed by atoms with E-state index in [1.807, 2.05) is 38.9 Å². The standard InChI is InChI=1S/C13H18N4/c1-14-12(9-11-3-5-15-6-4-11)10-13-16-7-8-17(13)2/h3-8,12,14H,9-10H2,1-2H3. The lowest BCUT2D eigenvalue weighted by atomic mass is 10.0. The van der Waals surface area contributed by atoms with Crippen LogP contribution in [0, 0.1) is 0 Å². The van der Waals surface area contributed by atoms with E-state index in [-0.39, 0.29) is 0 Å². The summed E-state index contributed by atoms with van der Waals surface area (Å²) in [5.41, 5.74) is 1.30. The van der Waals surface area contributed by atoms with Gasteiger partial charge in [0.05, 0.1) is 0 Å². The predicted molar refractivity (Wildman–Crippen MR) is 67.7 cm³/mol. The third kappa shape index (κ3) is 3.14. The number of aryl methyl sites for hydroxylation is 1. The largest absolute Gasteiger partial charge is 0.338 e. The summed E-state index contributed by atoms with van der Waals surface area (Å²) in [6.45, 7) is 0. The van der Waals surface area contributed by atoms with Gasteiger partial charge in [-0.25, -0.2) is 4.98 Å². The maximum Gasteiger partial charge on any atom is 0.109 e. The molecule has 4 heteroatoms. The molecule has 0 amide bonds. The summed E-state index contributed by atoms with van der Waals surface area (Å²) in [5, 5.41) is 3.34. The van der Waals surface area contributed by atoms with Crippen LogP contribution in [0.1, 0.15) is 11.4 Å². The molecule has 0 saturated carbocycles. The van der Waals surface area contributed by atoms with Crippen LogP contribution in [0.5, 0.6) is 0 Å². The predicted octanol–water partition coefficient (Wildman–Crippen LogP) is 1.19. The maximum atomic E-state index is 4.36. The number of nitrogens with zero attached hydrogens (tertiary/aromatic N) is 3. The van der Waals surface area contributed by atoms with Crippen LogP contribution in [0.4, 0.5) is 0 Å². The van der Waals surface area contributed by atoms with E-state index in [9.17, 15) is 0 Å². The van der Waals surface area contributed by atoms with Gasteiger partial charge in [0.15, 0.2) is 0 Å². The van der Waals surface area contributed by atoms with Crippen molar-refractivity contribution in [2.24, 2.45) is 7.05 Å². The van der Waals surface area contributed by atoms with Gasteiger partial charge in [-0.1, -0.05) is 0 Å². The number of nitrogens with one attached hydrogen (secondary N) is 1.